The molecular formula is C14H24O2. The average molecular weight is 224 g/mol. The van der Waals surface area contributed by atoms with Gasteiger partial charge in [0.25, 0.3) is 0 Å². The lowest BCUT2D eigenvalue weighted by atomic mass is 10.1. The number of carbonyl (C=O) groups is 2. The van der Waals surface area contributed by atoms with Crippen molar-refractivity contribution in [2.75, 3.05) is 0 Å². The third-order valence-electron chi connectivity index (χ3n) is 2.72. The molecule has 0 aliphatic rings. The molecule has 0 saturated carbocycles. The van der Waals surface area contributed by atoms with E-state index in [1.54, 1.807) is 0 Å². The first-order chi connectivity index (χ1) is 7.81. The van der Waals surface area contributed by atoms with Crippen LogP contribution in [-0.2, 0) is 9.59 Å². The molecule has 0 aliphatic heterocycles. The van der Waals surface area contributed by atoms with Crippen LogP contribution in [0.1, 0.15) is 64.2 Å². The quantitative estimate of drug-likeness (QED) is 0.287. The largest absolute Gasteiger partial charge is 0.303 e. The number of rotatable bonds is 12. The molecule has 0 aromatic heterocycles. The van der Waals surface area contributed by atoms with Crippen LogP contribution < -0.4 is 0 Å². The lowest BCUT2D eigenvalue weighted by Crippen LogP contribution is -1.91. The SMILES string of the molecule is C=CC(=O)CCCCCCCCCCC=O. The van der Waals surface area contributed by atoms with Crippen LogP contribution in [-0.4, -0.2) is 12.1 Å². The van der Waals surface area contributed by atoms with Crippen LogP contribution in [0.15, 0.2) is 12.7 Å². The second-order valence-corrected chi connectivity index (χ2v) is 4.20. The molecule has 0 aromatic carbocycles. The molecule has 0 unspecified atom stereocenters. The summed E-state index contributed by atoms with van der Waals surface area (Å²) >= 11 is 0. The number of aldehydes is 1. The number of ketones is 1. The van der Waals surface area contributed by atoms with E-state index in [9.17, 15) is 9.59 Å². The van der Waals surface area contributed by atoms with E-state index < -0.39 is 0 Å². The summed E-state index contributed by atoms with van der Waals surface area (Å²) < 4.78 is 0. The van der Waals surface area contributed by atoms with Crippen LogP contribution >= 0.6 is 0 Å². The van der Waals surface area contributed by atoms with Crippen molar-refractivity contribution in [2.24, 2.45) is 0 Å². The molecular weight excluding hydrogens is 200 g/mol. The van der Waals surface area contributed by atoms with E-state index >= 15 is 0 Å². The third-order valence-corrected chi connectivity index (χ3v) is 2.72. The van der Waals surface area contributed by atoms with Gasteiger partial charge in [-0.1, -0.05) is 45.1 Å². The number of hydrogen-bond acceptors (Lipinski definition) is 2. The number of carbonyl (C=O) groups excluding carboxylic acids is 2. The Balaban J connectivity index is 3.01. The topological polar surface area (TPSA) is 34.1 Å². The van der Waals surface area contributed by atoms with E-state index in [1.165, 1.54) is 38.2 Å². The van der Waals surface area contributed by atoms with Crippen LogP contribution in [0.2, 0.25) is 0 Å². The highest BCUT2D eigenvalue weighted by Crippen LogP contribution is 2.10. The molecule has 2 heteroatoms. The molecule has 0 spiro atoms. The molecule has 0 aromatic rings. The molecule has 0 aliphatic carbocycles. The van der Waals surface area contributed by atoms with Gasteiger partial charge in [-0.2, -0.15) is 0 Å². The van der Waals surface area contributed by atoms with E-state index in [2.05, 4.69) is 6.58 Å². The number of allylic oxidation sites excluding steroid dienone is 1. The number of hydrogen-bond donors (Lipinski definition) is 0. The first-order valence-corrected chi connectivity index (χ1v) is 6.40. The van der Waals surface area contributed by atoms with Gasteiger partial charge in [-0.3, -0.25) is 4.79 Å². The zero-order valence-electron chi connectivity index (χ0n) is 10.2. The first-order valence-electron chi connectivity index (χ1n) is 6.40. The van der Waals surface area contributed by atoms with Gasteiger partial charge in [0.1, 0.15) is 6.29 Å². The van der Waals surface area contributed by atoms with Gasteiger partial charge in [-0.25, -0.2) is 0 Å². The summed E-state index contributed by atoms with van der Waals surface area (Å²) in [6.45, 7) is 3.45. The van der Waals surface area contributed by atoms with Crippen LogP contribution in [0.3, 0.4) is 0 Å². The van der Waals surface area contributed by atoms with E-state index in [0.29, 0.717) is 12.8 Å². The van der Waals surface area contributed by atoms with Gasteiger partial charge in [0.15, 0.2) is 5.78 Å². The highest BCUT2D eigenvalue weighted by molar-refractivity contribution is 5.88. The molecule has 16 heavy (non-hydrogen) atoms. The van der Waals surface area contributed by atoms with Crippen LogP contribution in [0.4, 0.5) is 0 Å². The maximum absolute atomic E-state index is 10.9. The lowest BCUT2D eigenvalue weighted by Gasteiger charge is -2.00. The minimum Gasteiger partial charge on any atom is -0.303 e. The molecule has 0 amide bonds. The summed E-state index contributed by atoms with van der Waals surface area (Å²) in [7, 11) is 0. The maximum Gasteiger partial charge on any atom is 0.155 e. The smallest absolute Gasteiger partial charge is 0.155 e. The molecule has 0 bridgehead atoms. The Morgan fingerprint density at radius 2 is 1.38 bits per heavy atom. The highest BCUT2D eigenvalue weighted by atomic mass is 16.1. The number of unbranched alkanes of at least 4 members (excludes halogenated alkanes) is 8. The van der Waals surface area contributed by atoms with Gasteiger partial charge >= 0.3 is 0 Å². The summed E-state index contributed by atoms with van der Waals surface area (Å²) in [5.74, 6) is 0.161. The molecule has 0 fully saturated rings. The van der Waals surface area contributed by atoms with Crippen molar-refractivity contribution in [3.63, 3.8) is 0 Å². The standard InChI is InChI=1S/C14H24O2/c1-2-14(16)12-10-8-6-4-3-5-7-9-11-13-15/h2,13H,1,3-12H2. The predicted molar refractivity (Wildman–Crippen MR) is 67.4 cm³/mol. The first kappa shape index (κ1) is 15.1. The monoisotopic (exact) mass is 224 g/mol. The zero-order valence-corrected chi connectivity index (χ0v) is 10.2. The third kappa shape index (κ3) is 11.2. The second kappa shape index (κ2) is 12.2. The fourth-order valence-electron chi connectivity index (χ4n) is 1.69. The molecule has 0 heterocycles. The predicted octanol–water partition coefficient (Wildman–Crippen LogP) is 3.84. The maximum atomic E-state index is 10.9. The van der Waals surface area contributed by atoms with Crippen LogP contribution in [0, 0.1) is 0 Å². The van der Waals surface area contributed by atoms with Gasteiger partial charge < -0.3 is 4.79 Å². The Labute approximate surface area is 99.1 Å². The fraction of sp³-hybridized carbons (Fsp3) is 0.714. The minimum absolute atomic E-state index is 0.161. The molecule has 0 radical (unpaired) electrons. The fourth-order valence-corrected chi connectivity index (χ4v) is 1.69. The molecule has 0 saturated heterocycles. The summed E-state index contributed by atoms with van der Waals surface area (Å²) in [6.07, 6.45) is 13.1. The molecule has 0 atom stereocenters. The van der Waals surface area contributed by atoms with Gasteiger partial charge in [0.05, 0.1) is 0 Å². The zero-order chi connectivity index (χ0) is 12.1. The molecule has 2 nitrogen and oxygen atoms in total. The van der Waals surface area contributed by atoms with Gasteiger partial charge in [-0.15, -0.1) is 0 Å². The minimum atomic E-state index is 0.161. The van der Waals surface area contributed by atoms with Crippen molar-refractivity contribution in [1.82, 2.24) is 0 Å². The van der Waals surface area contributed by atoms with E-state index in [-0.39, 0.29) is 5.78 Å². The summed E-state index contributed by atoms with van der Waals surface area (Å²) in [5.41, 5.74) is 0. The lowest BCUT2D eigenvalue weighted by molar-refractivity contribution is -0.114. The van der Waals surface area contributed by atoms with Gasteiger partial charge in [0, 0.05) is 12.8 Å². The highest BCUT2D eigenvalue weighted by Gasteiger charge is 1.96. The normalized spacial score (nSPS) is 10.0. The summed E-state index contributed by atoms with van der Waals surface area (Å²) in [5, 5.41) is 0. The van der Waals surface area contributed by atoms with Crippen molar-refractivity contribution < 1.29 is 9.59 Å². The Morgan fingerprint density at radius 1 is 0.875 bits per heavy atom. The van der Waals surface area contributed by atoms with Gasteiger partial charge in [-0.05, 0) is 18.9 Å². The summed E-state index contributed by atoms with van der Waals surface area (Å²) in [6, 6.07) is 0. The van der Waals surface area contributed by atoms with Crippen molar-refractivity contribution >= 4 is 12.1 Å². The van der Waals surface area contributed by atoms with Gasteiger partial charge in [0.2, 0.25) is 0 Å². The van der Waals surface area contributed by atoms with Crippen LogP contribution in [0.25, 0.3) is 0 Å². The van der Waals surface area contributed by atoms with Crippen molar-refractivity contribution in [2.45, 2.75) is 64.2 Å². The molecule has 92 valence electrons. The van der Waals surface area contributed by atoms with E-state index in [4.69, 9.17) is 0 Å². The Kier molecular flexibility index (Phi) is 11.5. The molecule has 0 rings (SSSR count). The Bertz CT molecular complexity index is 197. The second-order valence-electron chi connectivity index (χ2n) is 4.20. The Morgan fingerprint density at radius 3 is 1.88 bits per heavy atom. The van der Waals surface area contributed by atoms with E-state index in [0.717, 1.165) is 25.5 Å². The molecule has 0 N–H and O–H groups in total. The average Bonchev–Trinajstić information content (AvgIpc) is 2.31. The van der Waals surface area contributed by atoms with E-state index in [1.807, 2.05) is 0 Å². The van der Waals surface area contributed by atoms with Crippen molar-refractivity contribution in [1.29, 1.82) is 0 Å². The summed E-state index contributed by atoms with van der Waals surface area (Å²) in [4.78, 5) is 21.0. The van der Waals surface area contributed by atoms with Crippen molar-refractivity contribution in [3.05, 3.63) is 12.7 Å². The Hall–Kier alpha value is -0.920. The van der Waals surface area contributed by atoms with Crippen molar-refractivity contribution in [3.8, 4) is 0 Å². The van der Waals surface area contributed by atoms with Crippen LogP contribution in [0.5, 0.6) is 0 Å².